The summed E-state index contributed by atoms with van der Waals surface area (Å²) in [6.07, 6.45) is 0.912. The van der Waals surface area contributed by atoms with Gasteiger partial charge in [0.25, 0.3) is 0 Å². The molecule has 0 radical (unpaired) electrons. The van der Waals surface area contributed by atoms with Gasteiger partial charge in [0.2, 0.25) is 0 Å². The number of aryl methyl sites for hydroxylation is 1. The molecule has 0 saturated carbocycles. The highest BCUT2D eigenvalue weighted by molar-refractivity contribution is 8.03. The van der Waals surface area contributed by atoms with Gasteiger partial charge >= 0.3 is 0 Å². The zero-order chi connectivity index (χ0) is 24.5. The number of anilines is 2. The van der Waals surface area contributed by atoms with Gasteiger partial charge in [0.1, 0.15) is 17.5 Å². The van der Waals surface area contributed by atoms with Crippen molar-refractivity contribution in [1.29, 1.82) is 0 Å². The topological polar surface area (TPSA) is 76.5 Å². The van der Waals surface area contributed by atoms with Crippen LogP contribution in [0.25, 0.3) is 0 Å². The van der Waals surface area contributed by atoms with Gasteiger partial charge in [0.15, 0.2) is 0 Å². The Balaban J connectivity index is 2.02. The molecule has 1 aliphatic rings. The van der Waals surface area contributed by atoms with Gasteiger partial charge in [0.05, 0.1) is 16.9 Å². The third-order valence-corrected chi connectivity index (χ3v) is 6.75. The molecule has 0 amide bonds. The molecule has 1 atom stereocenters. The molecule has 0 spiro atoms. The zero-order valence-electron chi connectivity index (χ0n) is 20.9. The van der Waals surface area contributed by atoms with Crippen LogP contribution in [0, 0.1) is 6.92 Å². The van der Waals surface area contributed by atoms with Crippen LogP contribution < -0.4 is 15.5 Å². The number of rotatable bonds is 12. The highest BCUT2D eigenvalue weighted by Crippen LogP contribution is 2.29. The van der Waals surface area contributed by atoms with Crippen molar-refractivity contribution < 1.29 is 5.11 Å². The standard InChI is InChI=1S/C25H40N6OS/c1-9-22(19(6)26-25(17(2)3)18(4)5)33-21(8)29-23-16-24(28-20(7)27-23)31-12-10-30(11-13-31)14-15-32/h16,22,26,32H,2,6,8-15H2,1,3-5,7H3,(H,27,28,29). The molecule has 182 valence electrons. The van der Waals surface area contributed by atoms with Crippen LogP contribution in [-0.4, -0.2) is 64.6 Å². The fourth-order valence-corrected chi connectivity index (χ4v) is 4.64. The molecule has 2 rings (SSSR count). The minimum atomic E-state index is 0.153. The Morgan fingerprint density at radius 1 is 1.15 bits per heavy atom. The van der Waals surface area contributed by atoms with E-state index in [0.717, 1.165) is 78.6 Å². The molecule has 1 aromatic heterocycles. The van der Waals surface area contributed by atoms with Crippen LogP contribution in [-0.2, 0) is 0 Å². The second kappa shape index (κ2) is 12.8. The highest BCUT2D eigenvalue weighted by atomic mass is 32.2. The largest absolute Gasteiger partial charge is 0.395 e. The molecule has 8 heteroatoms. The van der Waals surface area contributed by atoms with Gasteiger partial charge in [-0.1, -0.05) is 44.0 Å². The molecule has 0 aromatic carbocycles. The average molecular weight is 473 g/mol. The summed E-state index contributed by atoms with van der Waals surface area (Å²) < 4.78 is 0. The van der Waals surface area contributed by atoms with Crippen molar-refractivity contribution in [2.24, 2.45) is 0 Å². The van der Waals surface area contributed by atoms with E-state index in [-0.39, 0.29) is 11.9 Å². The van der Waals surface area contributed by atoms with Gasteiger partial charge in [-0.2, -0.15) is 0 Å². The number of hydrogen-bond acceptors (Lipinski definition) is 8. The second-order valence-electron chi connectivity index (χ2n) is 8.58. The van der Waals surface area contributed by atoms with Gasteiger partial charge in [0, 0.05) is 50.2 Å². The van der Waals surface area contributed by atoms with Crippen LogP contribution in [0.1, 0.15) is 39.9 Å². The maximum absolute atomic E-state index is 9.15. The van der Waals surface area contributed by atoms with Gasteiger partial charge in [-0.3, -0.25) is 4.90 Å². The highest BCUT2D eigenvalue weighted by Gasteiger charge is 2.19. The molecule has 0 bridgehead atoms. The van der Waals surface area contributed by atoms with Crippen molar-refractivity contribution in [3.05, 3.63) is 59.2 Å². The number of allylic oxidation sites excluding steroid dienone is 2. The lowest BCUT2D eigenvalue weighted by Gasteiger charge is -2.35. The quantitative estimate of drug-likeness (QED) is 0.390. The summed E-state index contributed by atoms with van der Waals surface area (Å²) in [4.78, 5) is 13.7. The van der Waals surface area contributed by atoms with Gasteiger partial charge in [-0.25, -0.2) is 9.97 Å². The minimum Gasteiger partial charge on any atom is -0.395 e. The lowest BCUT2D eigenvalue weighted by Crippen LogP contribution is -2.47. The number of nitrogens with zero attached hydrogens (tertiary/aromatic N) is 4. The summed E-state index contributed by atoms with van der Waals surface area (Å²) in [5.41, 5.74) is 4.15. The maximum Gasteiger partial charge on any atom is 0.136 e. The first-order valence-corrected chi connectivity index (χ1v) is 12.4. The Morgan fingerprint density at radius 3 is 2.36 bits per heavy atom. The molecule has 2 heterocycles. The van der Waals surface area contributed by atoms with E-state index < -0.39 is 0 Å². The molecule has 1 unspecified atom stereocenters. The first-order chi connectivity index (χ1) is 15.6. The molecule has 1 aliphatic heterocycles. The second-order valence-corrected chi connectivity index (χ2v) is 9.88. The van der Waals surface area contributed by atoms with Crippen LogP contribution >= 0.6 is 11.8 Å². The third-order valence-electron chi connectivity index (χ3n) is 5.46. The number of aliphatic hydroxyl groups excluding tert-OH is 1. The van der Waals surface area contributed by atoms with E-state index in [1.807, 2.05) is 19.9 Å². The fraction of sp³-hybridized carbons (Fsp3) is 0.520. The molecule has 1 fully saturated rings. The monoisotopic (exact) mass is 472 g/mol. The number of aliphatic hydroxyl groups is 1. The third kappa shape index (κ3) is 8.21. The van der Waals surface area contributed by atoms with Crippen molar-refractivity contribution in [1.82, 2.24) is 20.2 Å². The Kier molecular flexibility index (Phi) is 10.5. The summed E-state index contributed by atoms with van der Waals surface area (Å²) in [6, 6.07) is 1.98. The number of β-amino-alcohol motifs (C(OH)–C–C–N with tert-alkyl or cyclic N) is 1. The number of aromatic nitrogens is 2. The summed E-state index contributed by atoms with van der Waals surface area (Å²) in [6.45, 7) is 27.3. The first-order valence-electron chi connectivity index (χ1n) is 11.5. The molecular weight excluding hydrogens is 432 g/mol. The van der Waals surface area contributed by atoms with E-state index in [9.17, 15) is 0 Å². The number of nitrogens with one attached hydrogen (secondary N) is 2. The van der Waals surface area contributed by atoms with Gasteiger partial charge < -0.3 is 20.6 Å². The zero-order valence-corrected chi connectivity index (χ0v) is 21.7. The van der Waals surface area contributed by atoms with E-state index in [4.69, 9.17) is 5.11 Å². The van der Waals surface area contributed by atoms with Crippen molar-refractivity contribution in [3.63, 3.8) is 0 Å². The van der Waals surface area contributed by atoms with E-state index in [1.54, 1.807) is 11.8 Å². The van der Waals surface area contributed by atoms with Crippen LogP contribution in [0.4, 0.5) is 11.6 Å². The normalized spacial score (nSPS) is 15.0. The minimum absolute atomic E-state index is 0.153. The smallest absolute Gasteiger partial charge is 0.136 e. The Bertz CT molecular complexity index is 885. The molecule has 7 nitrogen and oxygen atoms in total. The van der Waals surface area contributed by atoms with Crippen LogP contribution in [0.2, 0.25) is 0 Å². The Labute approximate surface area is 203 Å². The summed E-state index contributed by atoms with van der Waals surface area (Å²) >= 11 is 1.64. The van der Waals surface area contributed by atoms with Crippen molar-refractivity contribution in [2.45, 2.75) is 46.3 Å². The Hall–Kier alpha value is -2.29. The van der Waals surface area contributed by atoms with Crippen LogP contribution in [0.5, 0.6) is 0 Å². The number of thioether (sulfide) groups is 1. The molecule has 33 heavy (non-hydrogen) atoms. The van der Waals surface area contributed by atoms with Crippen LogP contribution in [0.3, 0.4) is 0 Å². The summed E-state index contributed by atoms with van der Waals surface area (Å²) in [5, 5.41) is 16.9. The Morgan fingerprint density at radius 2 is 1.82 bits per heavy atom. The fourth-order valence-electron chi connectivity index (χ4n) is 3.76. The molecule has 1 saturated heterocycles. The SMILES string of the molecule is C=C(Nc1cc(N2CCN(CCO)CC2)nc(C)n1)SC(CC)C(=C)NC(C(=C)C)=C(C)C. The van der Waals surface area contributed by atoms with Crippen molar-refractivity contribution in [2.75, 3.05) is 49.5 Å². The summed E-state index contributed by atoms with van der Waals surface area (Å²) in [7, 11) is 0. The molecular formula is C25H40N6OS. The van der Waals surface area contributed by atoms with E-state index in [1.165, 1.54) is 5.57 Å². The average Bonchev–Trinajstić information content (AvgIpc) is 2.75. The van der Waals surface area contributed by atoms with Gasteiger partial charge in [-0.05, 0) is 39.7 Å². The molecule has 3 N–H and O–H groups in total. The molecule has 0 aliphatic carbocycles. The predicted octanol–water partition coefficient (Wildman–Crippen LogP) is 4.27. The maximum atomic E-state index is 9.15. The van der Waals surface area contributed by atoms with E-state index in [0.29, 0.717) is 0 Å². The van der Waals surface area contributed by atoms with Crippen molar-refractivity contribution in [3.8, 4) is 0 Å². The predicted molar refractivity (Wildman–Crippen MR) is 142 cm³/mol. The van der Waals surface area contributed by atoms with Crippen LogP contribution in [0.15, 0.2) is 53.4 Å². The van der Waals surface area contributed by atoms with E-state index in [2.05, 4.69) is 70.9 Å². The number of hydrogen-bond donors (Lipinski definition) is 3. The first kappa shape index (κ1) is 27.0. The number of piperazine rings is 1. The lowest BCUT2D eigenvalue weighted by molar-refractivity contribution is 0.188. The van der Waals surface area contributed by atoms with Gasteiger partial charge in [-0.15, -0.1) is 0 Å². The van der Waals surface area contributed by atoms with E-state index >= 15 is 0 Å². The summed E-state index contributed by atoms with van der Waals surface area (Å²) in [5.74, 6) is 2.38. The molecule has 1 aromatic rings. The van der Waals surface area contributed by atoms with Crippen molar-refractivity contribution >= 4 is 23.4 Å². The lowest BCUT2D eigenvalue weighted by atomic mass is 10.1.